The van der Waals surface area contributed by atoms with Crippen LogP contribution >= 0.6 is 0 Å². The first-order valence-corrected chi connectivity index (χ1v) is 8.81. The second kappa shape index (κ2) is 8.13. The Morgan fingerprint density at radius 2 is 1.62 bits per heavy atom. The molecule has 0 atom stereocenters. The number of methoxy groups -OCH3 is 3. The monoisotopic (exact) mass is 355 g/mol. The van der Waals surface area contributed by atoms with Gasteiger partial charge in [-0.15, -0.1) is 0 Å². The van der Waals surface area contributed by atoms with Crippen LogP contribution < -0.4 is 19.5 Å². The van der Waals surface area contributed by atoms with Gasteiger partial charge in [0.05, 0.1) is 27.8 Å². The number of rotatable bonds is 7. The van der Waals surface area contributed by atoms with E-state index in [0.717, 1.165) is 24.0 Å². The Morgan fingerprint density at radius 1 is 0.923 bits per heavy atom. The lowest BCUT2D eigenvalue weighted by atomic mass is 10.0. The fourth-order valence-electron chi connectivity index (χ4n) is 3.42. The molecule has 3 rings (SSSR count). The van der Waals surface area contributed by atoms with Crippen LogP contribution in [0.1, 0.15) is 28.7 Å². The predicted molar refractivity (Wildman–Crippen MR) is 100 cm³/mol. The molecule has 0 saturated carbocycles. The van der Waals surface area contributed by atoms with E-state index in [1.165, 1.54) is 17.5 Å². The van der Waals surface area contributed by atoms with Crippen LogP contribution in [0.5, 0.6) is 17.2 Å². The van der Waals surface area contributed by atoms with Crippen molar-refractivity contribution in [3.05, 3.63) is 52.6 Å². The fraction of sp³-hybridized carbons (Fsp3) is 0.381. The lowest BCUT2D eigenvalue weighted by Crippen LogP contribution is -2.24. The summed E-state index contributed by atoms with van der Waals surface area (Å²) in [7, 11) is 4.72. The average Bonchev–Trinajstić information content (AvgIpc) is 3.13. The van der Waals surface area contributed by atoms with Crippen LogP contribution in [0.25, 0.3) is 0 Å². The van der Waals surface area contributed by atoms with Crippen molar-refractivity contribution in [3.63, 3.8) is 0 Å². The zero-order valence-electron chi connectivity index (χ0n) is 15.6. The standard InChI is InChI=1S/C21H25NO4/c1-24-18-10-15(11-19(25-2)21(18)26-3)13-22-20(23)12-14-7-8-16-5-4-6-17(16)9-14/h7-11H,4-6,12-13H2,1-3H3,(H,22,23). The van der Waals surface area contributed by atoms with Crippen molar-refractivity contribution in [1.82, 2.24) is 5.32 Å². The lowest BCUT2D eigenvalue weighted by molar-refractivity contribution is -0.120. The van der Waals surface area contributed by atoms with Gasteiger partial charge in [0.15, 0.2) is 11.5 Å². The van der Waals surface area contributed by atoms with Gasteiger partial charge in [-0.25, -0.2) is 0 Å². The highest BCUT2D eigenvalue weighted by atomic mass is 16.5. The third-order valence-corrected chi connectivity index (χ3v) is 4.74. The van der Waals surface area contributed by atoms with Crippen LogP contribution in [-0.4, -0.2) is 27.2 Å². The number of carbonyl (C=O) groups excluding carboxylic acids is 1. The van der Waals surface area contributed by atoms with Crippen molar-refractivity contribution in [2.24, 2.45) is 0 Å². The molecule has 0 bridgehead atoms. The summed E-state index contributed by atoms with van der Waals surface area (Å²) in [6.45, 7) is 0.403. The number of fused-ring (bicyclic) bond motifs is 1. The molecule has 2 aromatic rings. The van der Waals surface area contributed by atoms with Gasteiger partial charge in [-0.1, -0.05) is 18.2 Å². The zero-order chi connectivity index (χ0) is 18.5. The number of carbonyl (C=O) groups is 1. The quantitative estimate of drug-likeness (QED) is 0.829. The molecule has 2 aromatic carbocycles. The first-order chi connectivity index (χ1) is 12.6. The molecule has 1 amide bonds. The highest BCUT2D eigenvalue weighted by Gasteiger charge is 2.15. The summed E-state index contributed by atoms with van der Waals surface area (Å²) in [4.78, 5) is 12.3. The van der Waals surface area contributed by atoms with Gasteiger partial charge < -0.3 is 19.5 Å². The number of nitrogens with one attached hydrogen (secondary N) is 1. The fourth-order valence-corrected chi connectivity index (χ4v) is 3.42. The van der Waals surface area contributed by atoms with E-state index in [0.29, 0.717) is 30.2 Å². The Hall–Kier alpha value is -2.69. The second-order valence-electron chi connectivity index (χ2n) is 6.44. The number of aryl methyl sites for hydroxylation is 2. The zero-order valence-corrected chi connectivity index (χ0v) is 15.6. The van der Waals surface area contributed by atoms with Crippen LogP contribution in [-0.2, 0) is 30.6 Å². The Kier molecular flexibility index (Phi) is 5.66. The summed E-state index contributed by atoms with van der Waals surface area (Å²) in [6.07, 6.45) is 3.88. The minimum Gasteiger partial charge on any atom is -0.493 e. The van der Waals surface area contributed by atoms with E-state index in [9.17, 15) is 4.79 Å². The lowest BCUT2D eigenvalue weighted by Gasteiger charge is -2.14. The number of hydrogen-bond donors (Lipinski definition) is 1. The molecule has 26 heavy (non-hydrogen) atoms. The number of ether oxygens (including phenoxy) is 3. The molecule has 5 heteroatoms. The maximum atomic E-state index is 12.3. The smallest absolute Gasteiger partial charge is 0.224 e. The minimum absolute atomic E-state index is 0.00306. The van der Waals surface area contributed by atoms with E-state index < -0.39 is 0 Å². The number of amides is 1. The molecule has 0 saturated heterocycles. The van der Waals surface area contributed by atoms with Crippen LogP contribution in [0.4, 0.5) is 0 Å². The third-order valence-electron chi connectivity index (χ3n) is 4.74. The second-order valence-corrected chi connectivity index (χ2v) is 6.44. The molecule has 138 valence electrons. The number of hydrogen-bond acceptors (Lipinski definition) is 4. The predicted octanol–water partition coefficient (Wildman–Crippen LogP) is 3.06. The third kappa shape index (κ3) is 3.93. The molecule has 0 radical (unpaired) electrons. The van der Waals surface area contributed by atoms with Crippen LogP contribution in [0.15, 0.2) is 30.3 Å². The van der Waals surface area contributed by atoms with Gasteiger partial charge in [-0.3, -0.25) is 4.79 Å². The highest BCUT2D eigenvalue weighted by Crippen LogP contribution is 2.38. The van der Waals surface area contributed by atoms with E-state index in [2.05, 4.69) is 23.5 Å². The van der Waals surface area contributed by atoms with Crippen molar-refractivity contribution >= 4 is 5.91 Å². The topological polar surface area (TPSA) is 56.8 Å². The summed E-state index contributed by atoms with van der Waals surface area (Å²) >= 11 is 0. The van der Waals surface area contributed by atoms with Crippen LogP contribution in [0.3, 0.4) is 0 Å². The van der Waals surface area contributed by atoms with Crippen LogP contribution in [0, 0.1) is 0 Å². The molecular weight excluding hydrogens is 330 g/mol. The van der Waals surface area contributed by atoms with E-state index in [1.807, 2.05) is 12.1 Å². The Balaban J connectivity index is 1.64. The normalized spacial score (nSPS) is 12.4. The van der Waals surface area contributed by atoms with Gasteiger partial charge in [0.25, 0.3) is 0 Å². The van der Waals surface area contributed by atoms with E-state index in [1.54, 1.807) is 21.3 Å². The maximum absolute atomic E-state index is 12.3. The van der Waals surface area contributed by atoms with Gasteiger partial charge >= 0.3 is 0 Å². The number of benzene rings is 2. The molecular formula is C21H25NO4. The minimum atomic E-state index is -0.00306. The molecule has 0 aromatic heterocycles. The van der Waals surface area contributed by atoms with Gasteiger partial charge in [-0.2, -0.15) is 0 Å². The SMILES string of the molecule is COc1cc(CNC(=O)Cc2ccc3c(c2)CCC3)cc(OC)c1OC. The van der Waals surface area contributed by atoms with Crippen molar-refractivity contribution < 1.29 is 19.0 Å². The van der Waals surface area contributed by atoms with Gasteiger partial charge in [0.1, 0.15) is 0 Å². The van der Waals surface area contributed by atoms with Crippen LogP contribution in [0.2, 0.25) is 0 Å². The summed E-state index contributed by atoms with van der Waals surface area (Å²) in [5.41, 5.74) is 4.77. The Bertz CT molecular complexity index is 776. The summed E-state index contributed by atoms with van der Waals surface area (Å²) in [6, 6.07) is 10.1. The van der Waals surface area contributed by atoms with E-state index in [-0.39, 0.29) is 5.91 Å². The largest absolute Gasteiger partial charge is 0.493 e. The molecule has 0 aliphatic heterocycles. The molecule has 0 fully saturated rings. The highest BCUT2D eigenvalue weighted by molar-refractivity contribution is 5.78. The van der Waals surface area contributed by atoms with Gasteiger partial charge in [0.2, 0.25) is 11.7 Å². The van der Waals surface area contributed by atoms with Crippen molar-refractivity contribution in [2.45, 2.75) is 32.2 Å². The molecule has 0 heterocycles. The van der Waals surface area contributed by atoms with Crippen molar-refractivity contribution in [3.8, 4) is 17.2 Å². The Labute approximate surface area is 154 Å². The van der Waals surface area contributed by atoms with Crippen molar-refractivity contribution in [2.75, 3.05) is 21.3 Å². The summed E-state index contributed by atoms with van der Waals surface area (Å²) in [5, 5.41) is 2.96. The summed E-state index contributed by atoms with van der Waals surface area (Å²) < 4.78 is 16.0. The molecule has 1 aliphatic rings. The first-order valence-electron chi connectivity index (χ1n) is 8.81. The summed E-state index contributed by atoms with van der Waals surface area (Å²) in [5.74, 6) is 1.70. The first kappa shape index (κ1) is 18.1. The van der Waals surface area contributed by atoms with Gasteiger partial charge in [-0.05, 0) is 53.6 Å². The molecule has 1 aliphatic carbocycles. The average molecular weight is 355 g/mol. The van der Waals surface area contributed by atoms with Gasteiger partial charge in [0, 0.05) is 6.54 Å². The molecule has 1 N–H and O–H groups in total. The maximum Gasteiger partial charge on any atom is 0.224 e. The molecule has 0 spiro atoms. The van der Waals surface area contributed by atoms with E-state index >= 15 is 0 Å². The molecule has 5 nitrogen and oxygen atoms in total. The molecule has 0 unspecified atom stereocenters. The van der Waals surface area contributed by atoms with E-state index in [4.69, 9.17) is 14.2 Å². The Morgan fingerprint density at radius 3 is 2.27 bits per heavy atom. The van der Waals surface area contributed by atoms with Crippen molar-refractivity contribution in [1.29, 1.82) is 0 Å².